The van der Waals surface area contributed by atoms with Gasteiger partial charge in [-0.25, -0.2) is 4.79 Å². The van der Waals surface area contributed by atoms with Gasteiger partial charge in [-0.2, -0.15) is 0 Å². The normalized spacial score (nSPS) is 9.60. The summed E-state index contributed by atoms with van der Waals surface area (Å²) in [5.41, 5.74) is 0. The van der Waals surface area contributed by atoms with Gasteiger partial charge < -0.3 is 15.4 Å². The maximum atomic E-state index is 10.5. The molecule has 1 amide bonds. The molecule has 0 fully saturated rings. The van der Waals surface area contributed by atoms with Gasteiger partial charge in [0.05, 0.1) is 0 Å². The lowest BCUT2D eigenvalue weighted by Crippen LogP contribution is -2.36. The highest BCUT2D eigenvalue weighted by Gasteiger charge is 2.14. The molecule has 0 aliphatic heterocycles. The molecule has 1 N–H and O–H groups in total. The van der Waals surface area contributed by atoms with Crippen LogP contribution in [-0.4, -0.2) is 28.1 Å². The van der Waals surface area contributed by atoms with E-state index >= 15 is 0 Å². The number of hydroxylamine groups is 2. The molecule has 0 rings (SSSR count). The number of hydrogen-bond acceptors (Lipinski definition) is 3. The van der Waals surface area contributed by atoms with E-state index in [0.717, 1.165) is 0 Å². The van der Waals surface area contributed by atoms with Gasteiger partial charge in [0.25, 0.3) is 0 Å². The number of carbonyl (C=O) groups is 2. The van der Waals surface area contributed by atoms with E-state index in [4.69, 9.17) is 5.11 Å². The molecule has 0 aromatic carbocycles. The number of carbonyl (C=O) groups excluding carboxylic acids is 1. The predicted octanol–water partition coefficient (Wildman–Crippen LogP) is -0.194. The number of carboxylic acids is 1. The van der Waals surface area contributed by atoms with Crippen molar-refractivity contribution in [1.82, 2.24) is 5.06 Å². The van der Waals surface area contributed by atoms with Gasteiger partial charge in [-0.15, -0.1) is 0 Å². The van der Waals surface area contributed by atoms with Crippen molar-refractivity contribution in [3.8, 4) is 0 Å². The van der Waals surface area contributed by atoms with Crippen molar-refractivity contribution in [2.75, 3.05) is 0 Å². The molecule has 0 aliphatic rings. The van der Waals surface area contributed by atoms with E-state index in [-0.39, 0.29) is 5.06 Å². The lowest BCUT2D eigenvalue weighted by atomic mass is 10.4. The molecular formula is C5H8NO4-. The van der Waals surface area contributed by atoms with E-state index < -0.39 is 17.9 Å². The van der Waals surface area contributed by atoms with Gasteiger partial charge in [-0.3, -0.25) is 4.79 Å². The van der Waals surface area contributed by atoms with Crippen LogP contribution in [0.25, 0.3) is 0 Å². The third-order valence-electron chi connectivity index (χ3n) is 0.852. The van der Waals surface area contributed by atoms with Crippen LogP contribution in [0.3, 0.4) is 0 Å². The van der Waals surface area contributed by atoms with Gasteiger partial charge in [0.2, 0.25) is 0 Å². The van der Waals surface area contributed by atoms with Gasteiger partial charge in [0.15, 0.2) is 0 Å². The molecule has 5 nitrogen and oxygen atoms in total. The molecule has 58 valence electrons. The molecule has 0 spiro atoms. The van der Waals surface area contributed by atoms with Gasteiger partial charge in [0.1, 0.15) is 0 Å². The topological polar surface area (TPSA) is 80.7 Å². The molecule has 0 heterocycles. The first-order valence-electron chi connectivity index (χ1n) is 2.70. The number of carboxylic acid groups (broad SMARTS) is 1. The van der Waals surface area contributed by atoms with Crippen molar-refractivity contribution in [2.24, 2.45) is 0 Å². The largest absolute Gasteiger partial charge is 0.756 e. The Kier molecular flexibility index (Phi) is 2.82. The minimum atomic E-state index is -1.72. The second kappa shape index (κ2) is 3.17. The highest BCUT2D eigenvalue weighted by molar-refractivity contribution is 6.31. The fourth-order valence-electron chi connectivity index (χ4n) is 0.329. The zero-order valence-electron chi connectivity index (χ0n) is 5.70. The summed E-state index contributed by atoms with van der Waals surface area (Å²) in [6.45, 7) is 2.88. The quantitative estimate of drug-likeness (QED) is 0.410. The van der Waals surface area contributed by atoms with Gasteiger partial charge in [-0.1, -0.05) is 0 Å². The lowest BCUT2D eigenvalue weighted by molar-refractivity contribution is -0.155. The van der Waals surface area contributed by atoms with Crippen molar-refractivity contribution >= 4 is 11.9 Å². The van der Waals surface area contributed by atoms with Crippen LogP contribution in [-0.2, 0) is 9.59 Å². The Labute approximate surface area is 57.8 Å². The monoisotopic (exact) mass is 146 g/mol. The minimum absolute atomic E-state index is 0.0810. The summed E-state index contributed by atoms with van der Waals surface area (Å²) >= 11 is 0. The number of hydrogen-bond donors (Lipinski definition) is 1. The summed E-state index contributed by atoms with van der Waals surface area (Å²) in [6, 6.07) is -0.622. The zero-order valence-corrected chi connectivity index (χ0v) is 5.70. The number of amides is 1. The standard InChI is InChI=1S/C5H8NO4/c1-3(2)6(10)4(7)5(8)9/h3H,1-2H3,(H,8,9)/q-1. The first kappa shape index (κ1) is 8.90. The first-order valence-corrected chi connectivity index (χ1v) is 2.70. The Morgan fingerprint density at radius 2 is 1.90 bits per heavy atom. The number of aliphatic carboxylic acids is 1. The summed E-state index contributed by atoms with van der Waals surface area (Å²) in [4.78, 5) is 20.2. The molecule has 0 saturated carbocycles. The predicted molar refractivity (Wildman–Crippen MR) is 33.0 cm³/mol. The first-order chi connectivity index (χ1) is 4.46. The molecule has 0 atom stereocenters. The van der Waals surface area contributed by atoms with Crippen LogP contribution < -0.4 is 0 Å². The molecule has 0 bridgehead atoms. The van der Waals surface area contributed by atoms with E-state index in [1.807, 2.05) is 0 Å². The molecule has 0 aromatic heterocycles. The summed E-state index contributed by atoms with van der Waals surface area (Å²) in [7, 11) is 0. The lowest BCUT2D eigenvalue weighted by Gasteiger charge is -2.30. The van der Waals surface area contributed by atoms with Crippen LogP contribution in [0.15, 0.2) is 0 Å². The van der Waals surface area contributed by atoms with Crippen LogP contribution in [0, 0.1) is 5.21 Å². The Morgan fingerprint density at radius 3 is 2.00 bits per heavy atom. The maximum Gasteiger partial charge on any atom is 0.393 e. The zero-order chi connectivity index (χ0) is 8.31. The average Bonchev–Trinajstić information content (AvgIpc) is 1.84. The molecule has 10 heavy (non-hydrogen) atoms. The van der Waals surface area contributed by atoms with E-state index in [1.165, 1.54) is 13.8 Å². The minimum Gasteiger partial charge on any atom is -0.756 e. The number of rotatable bonds is 1. The average molecular weight is 146 g/mol. The fraction of sp³-hybridized carbons (Fsp3) is 0.600. The summed E-state index contributed by atoms with van der Waals surface area (Å²) in [6.07, 6.45) is 0. The summed E-state index contributed by atoms with van der Waals surface area (Å²) < 4.78 is 0. The second-order valence-electron chi connectivity index (χ2n) is 2.03. The highest BCUT2D eigenvalue weighted by Crippen LogP contribution is 1.94. The number of nitrogens with zero attached hydrogens (tertiary/aromatic N) is 1. The van der Waals surface area contributed by atoms with E-state index in [9.17, 15) is 14.8 Å². The van der Waals surface area contributed by atoms with Crippen molar-refractivity contribution in [3.05, 3.63) is 5.21 Å². The van der Waals surface area contributed by atoms with Crippen LogP contribution in [0.2, 0.25) is 0 Å². The van der Waals surface area contributed by atoms with E-state index in [1.54, 1.807) is 0 Å². The van der Waals surface area contributed by atoms with Crippen molar-refractivity contribution in [3.63, 3.8) is 0 Å². The molecule has 5 heteroatoms. The van der Waals surface area contributed by atoms with Crippen LogP contribution in [0.4, 0.5) is 0 Å². The van der Waals surface area contributed by atoms with Crippen LogP contribution in [0.5, 0.6) is 0 Å². The molecule has 0 aliphatic carbocycles. The molecule has 0 aromatic rings. The SMILES string of the molecule is CC(C)N([O-])C(=O)C(=O)O. The Balaban J connectivity index is 4.08. The highest BCUT2D eigenvalue weighted by atomic mass is 16.5. The van der Waals surface area contributed by atoms with E-state index in [2.05, 4.69) is 0 Å². The fourth-order valence-corrected chi connectivity index (χ4v) is 0.329. The smallest absolute Gasteiger partial charge is 0.393 e. The van der Waals surface area contributed by atoms with Crippen molar-refractivity contribution in [1.29, 1.82) is 0 Å². The Bertz CT molecular complexity index is 154. The van der Waals surface area contributed by atoms with Crippen LogP contribution in [0.1, 0.15) is 13.8 Å². The summed E-state index contributed by atoms with van der Waals surface area (Å²) in [5, 5.41) is 18.4. The van der Waals surface area contributed by atoms with Gasteiger partial charge in [-0.05, 0) is 13.8 Å². The van der Waals surface area contributed by atoms with Crippen molar-refractivity contribution in [2.45, 2.75) is 19.9 Å². The third-order valence-corrected chi connectivity index (χ3v) is 0.852. The van der Waals surface area contributed by atoms with E-state index in [0.29, 0.717) is 0 Å². The molecule has 0 unspecified atom stereocenters. The van der Waals surface area contributed by atoms with Gasteiger partial charge in [0, 0.05) is 6.04 Å². The molecule has 0 radical (unpaired) electrons. The Hall–Kier alpha value is -1.10. The summed E-state index contributed by atoms with van der Waals surface area (Å²) in [5.74, 6) is -3.14. The van der Waals surface area contributed by atoms with Crippen molar-refractivity contribution < 1.29 is 14.7 Å². The maximum absolute atomic E-state index is 10.5. The molecular weight excluding hydrogens is 138 g/mol. The second-order valence-corrected chi connectivity index (χ2v) is 2.03. The Morgan fingerprint density at radius 1 is 1.50 bits per heavy atom. The third kappa shape index (κ3) is 2.02. The van der Waals surface area contributed by atoms with Gasteiger partial charge >= 0.3 is 11.9 Å². The molecule has 0 saturated heterocycles. The van der Waals surface area contributed by atoms with Crippen LogP contribution >= 0.6 is 0 Å².